The van der Waals surface area contributed by atoms with Crippen molar-refractivity contribution in [1.82, 2.24) is 19.4 Å². The van der Waals surface area contributed by atoms with Gasteiger partial charge in [0.1, 0.15) is 0 Å². The van der Waals surface area contributed by atoms with Gasteiger partial charge in [0, 0.05) is 24.3 Å². The molecule has 8 heteroatoms. The molecule has 1 amide bonds. The second-order valence-electron chi connectivity index (χ2n) is 7.77. The summed E-state index contributed by atoms with van der Waals surface area (Å²) in [6.07, 6.45) is 2.99. The molecule has 1 aliphatic carbocycles. The Morgan fingerprint density at radius 3 is 2.53 bits per heavy atom. The molecule has 1 aromatic heterocycles. The minimum atomic E-state index is -3.62. The molecule has 0 atom stereocenters. The second-order valence-corrected chi connectivity index (χ2v) is 9.71. The lowest BCUT2D eigenvalue weighted by atomic mass is 10.2. The van der Waals surface area contributed by atoms with Crippen LogP contribution < -0.4 is 5.32 Å². The molecule has 4 rings (SSSR count). The summed E-state index contributed by atoms with van der Waals surface area (Å²) in [5.41, 5.74) is 4.59. The highest BCUT2D eigenvalue weighted by Gasteiger charge is 2.25. The van der Waals surface area contributed by atoms with E-state index in [2.05, 4.69) is 5.32 Å². The number of fused-ring (bicyclic) bond motifs is 1. The molecular weight excluding hydrogens is 424 g/mol. The zero-order valence-electron chi connectivity index (χ0n) is 18.4. The fraction of sp³-hybridized carbons (Fsp3) is 0.333. The van der Waals surface area contributed by atoms with Crippen molar-refractivity contribution in [3.63, 3.8) is 0 Å². The van der Waals surface area contributed by atoms with Crippen LogP contribution in [0.15, 0.2) is 59.5 Å². The first-order valence-corrected chi connectivity index (χ1v) is 12.4. The van der Waals surface area contributed by atoms with E-state index in [1.807, 2.05) is 35.0 Å². The van der Waals surface area contributed by atoms with Gasteiger partial charge in [0.05, 0.1) is 22.8 Å². The Hall–Kier alpha value is -2.97. The number of aromatic nitrogens is 2. The summed E-state index contributed by atoms with van der Waals surface area (Å²) < 4.78 is 28.9. The first-order chi connectivity index (χ1) is 15.5. The van der Waals surface area contributed by atoms with Gasteiger partial charge >= 0.3 is 0 Å². The number of hydrogen-bond donors (Lipinski definition) is 1. The summed E-state index contributed by atoms with van der Waals surface area (Å²) in [7, 11) is -3.62. The molecule has 2 aromatic carbocycles. The quantitative estimate of drug-likeness (QED) is 0.568. The van der Waals surface area contributed by atoms with Gasteiger partial charge in [-0.15, -0.1) is 0 Å². The topological polar surface area (TPSA) is 84.3 Å². The van der Waals surface area contributed by atoms with Crippen molar-refractivity contribution in [1.29, 1.82) is 0 Å². The molecule has 0 aliphatic heterocycles. The normalized spacial score (nSPS) is 13.3. The molecule has 3 aromatic rings. The van der Waals surface area contributed by atoms with Gasteiger partial charge in [-0.1, -0.05) is 38.1 Å². The number of amides is 1. The first kappa shape index (κ1) is 22.2. The molecule has 0 saturated heterocycles. The highest BCUT2D eigenvalue weighted by atomic mass is 32.2. The molecule has 1 N–H and O–H groups in total. The minimum Gasteiger partial charge on any atom is -0.346 e. The van der Waals surface area contributed by atoms with Gasteiger partial charge in [-0.3, -0.25) is 4.79 Å². The lowest BCUT2D eigenvalue weighted by molar-refractivity contribution is 0.0950. The molecule has 1 aliphatic rings. The molecule has 1 heterocycles. The van der Waals surface area contributed by atoms with Gasteiger partial charge in [-0.05, 0) is 55.2 Å². The van der Waals surface area contributed by atoms with E-state index >= 15 is 0 Å². The summed E-state index contributed by atoms with van der Waals surface area (Å²) >= 11 is 0. The average molecular weight is 453 g/mol. The van der Waals surface area contributed by atoms with E-state index in [0.717, 1.165) is 30.6 Å². The lowest BCUT2D eigenvalue weighted by Crippen LogP contribution is -2.31. The second kappa shape index (κ2) is 9.26. The molecule has 0 saturated carbocycles. The Labute approximate surface area is 189 Å². The zero-order valence-corrected chi connectivity index (χ0v) is 19.2. The fourth-order valence-electron chi connectivity index (χ4n) is 4.22. The van der Waals surface area contributed by atoms with E-state index in [4.69, 9.17) is 5.10 Å². The van der Waals surface area contributed by atoms with Crippen LogP contribution in [-0.4, -0.2) is 41.5 Å². The lowest BCUT2D eigenvalue weighted by Gasteiger charge is -2.18. The van der Waals surface area contributed by atoms with Crippen LogP contribution >= 0.6 is 0 Å². The maximum Gasteiger partial charge on any atom is 0.251 e. The Morgan fingerprint density at radius 2 is 1.81 bits per heavy atom. The van der Waals surface area contributed by atoms with Gasteiger partial charge in [0.25, 0.3) is 5.91 Å². The Balaban J connectivity index is 1.53. The number of nitrogens with one attached hydrogen (secondary N) is 1. The van der Waals surface area contributed by atoms with Gasteiger partial charge in [-0.2, -0.15) is 9.40 Å². The van der Waals surface area contributed by atoms with Crippen LogP contribution in [0.1, 0.15) is 47.6 Å². The summed E-state index contributed by atoms with van der Waals surface area (Å²) in [4.78, 5) is 13.0. The number of benzene rings is 2. The predicted molar refractivity (Wildman–Crippen MR) is 123 cm³/mol. The monoisotopic (exact) mass is 452 g/mol. The van der Waals surface area contributed by atoms with Crippen LogP contribution in [0.5, 0.6) is 0 Å². The number of carbonyl (C=O) groups excluding carboxylic acids is 1. The van der Waals surface area contributed by atoms with Crippen LogP contribution in [0.25, 0.3) is 5.69 Å². The van der Waals surface area contributed by atoms with E-state index in [1.54, 1.807) is 26.0 Å². The number of carbonyl (C=O) groups is 1. The Morgan fingerprint density at radius 1 is 1.06 bits per heavy atom. The average Bonchev–Trinajstić information content (AvgIpc) is 3.42. The largest absolute Gasteiger partial charge is 0.346 e. The van der Waals surface area contributed by atoms with Gasteiger partial charge in [0.2, 0.25) is 10.0 Å². The fourth-order valence-corrected chi connectivity index (χ4v) is 5.72. The highest BCUT2D eigenvalue weighted by molar-refractivity contribution is 7.89. The third-order valence-corrected chi connectivity index (χ3v) is 7.92. The van der Waals surface area contributed by atoms with E-state index in [-0.39, 0.29) is 10.8 Å². The number of sulfonamides is 1. The van der Waals surface area contributed by atoms with Crippen LogP contribution in [0.2, 0.25) is 0 Å². The van der Waals surface area contributed by atoms with Crippen LogP contribution in [-0.2, 0) is 29.4 Å². The number of para-hydroxylation sites is 1. The van der Waals surface area contributed by atoms with E-state index in [1.165, 1.54) is 27.7 Å². The zero-order chi connectivity index (χ0) is 22.7. The minimum absolute atomic E-state index is 0.128. The maximum atomic E-state index is 12.8. The summed E-state index contributed by atoms with van der Waals surface area (Å²) in [5, 5.41) is 7.69. The maximum absolute atomic E-state index is 12.8. The number of nitrogens with zero attached hydrogens (tertiary/aromatic N) is 3. The van der Waals surface area contributed by atoms with Crippen LogP contribution in [0.3, 0.4) is 0 Å². The van der Waals surface area contributed by atoms with Crippen molar-refractivity contribution in [2.75, 3.05) is 13.1 Å². The first-order valence-electron chi connectivity index (χ1n) is 11.0. The Bertz CT molecular complexity index is 1220. The summed E-state index contributed by atoms with van der Waals surface area (Å²) in [6.45, 7) is 4.65. The van der Waals surface area contributed by atoms with Crippen molar-refractivity contribution >= 4 is 15.9 Å². The third kappa shape index (κ3) is 4.20. The van der Waals surface area contributed by atoms with Crippen molar-refractivity contribution < 1.29 is 13.2 Å². The summed E-state index contributed by atoms with van der Waals surface area (Å²) in [5.74, 6) is -0.317. The van der Waals surface area contributed by atoms with Crippen molar-refractivity contribution in [2.24, 2.45) is 0 Å². The molecule has 0 fully saturated rings. The van der Waals surface area contributed by atoms with Gasteiger partial charge in [0.15, 0.2) is 0 Å². The van der Waals surface area contributed by atoms with E-state index in [9.17, 15) is 13.2 Å². The van der Waals surface area contributed by atoms with Crippen LogP contribution in [0, 0.1) is 0 Å². The molecule has 7 nitrogen and oxygen atoms in total. The standard InChI is InChI=1S/C24H28N4O3S/c1-3-27(4-2)32(30,31)20-13-8-10-18(16-20)24(29)25-17-22-21-14-9-15-23(21)28(26-22)19-11-6-5-7-12-19/h5-8,10-13,16H,3-4,9,14-15,17H2,1-2H3,(H,25,29). The molecule has 0 bridgehead atoms. The van der Waals surface area contributed by atoms with Gasteiger partial charge in [-0.25, -0.2) is 13.1 Å². The number of rotatable bonds is 8. The van der Waals surface area contributed by atoms with E-state index < -0.39 is 10.0 Å². The molecular formula is C24H28N4O3S. The van der Waals surface area contributed by atoms with Crippen molar-refractivity contribution in [3.05, 3.63) is 77.1 Å². The predicted octanol–water partition coefficient (Wildman–Crippen LogP) is 3.32. The smallest absolute Gasteiger partial charge is 0.251 e. The van der Waals surface area contributed by atoms with Crippen molar-refractivity contribution in [2.45, 2.75) is 44.6 Å². The van der Waals surface area contributed by atoms with E-state index in [0.29, 0.717) is 25.2 Å². The molecule has 32 heavy (non-hydrogen) atoms. The molecule has 0 spiro atoms. The molecule has 168 valence electrons. The SMILES string of the molecule is CCN(CC)S(=O)(=O)c1cccc(C(=O)NCc2nn(-c3ccccc3)c3c2CCC3)c1. The van der Waals surface area contributed by atoms with Gasteiger partial charge < -0.3 is 5.32 Å². The molecule has 0 unspecified atom stereocenters. The highest BCUT2D eigenvalue weighted by Crippen LogP contribution is 2.27. The van der Waals surface area contributed by atoms with Crippen molar-refractivity contribution in [3.8, 4) is 5.69 Å². The molecule has 0 radical (unpaired) electrons. The van der Waals surface area contributed by atoms with Crippen LogP contribution in [0.4, 0.5) is 0 Å². The summed E-state index contributed by atoms with van der Waals surface area (Å²) in [6, 6.07) is 16.2. The third-order valence-electron chi connectivity index (χ3n) is 5.87. The number of hydrogen-bond acceptors (Lipinski definition) is 4. The Kier molecular flexibility index (Phi) is 6.43.